The van der Waals surface area contributed by atoms with E-state index in [9.17, 15) is 28.8 Å². The first-order chi connectivity index (χ1) is 55.6. The average molecular weight is 1620 g/mol. The molecule has 6 aliphatic heterocycles. The number of ether oxygens (including phenoxy) is 2. The molecule has 12 fully saturated rings. The fourth-order valence-electron chi connectivity index (χ4n) is 18.3. The van der Waals surface area contributed by atoms with Crippen molar-refractivity contribution in [3.63, 3.8) is 0 Å². The lowest BCUT2D eigenvalue weighted by molar-refractivity contribution is -0.154. The summed E-state index contributed by atoms with van der Waals surface area (Å²) in [7, 11) is 3.38. The molecular formula is C92H142ClN15O8. The Hall–Kier alpha value is -6.54. The second-order valence-electron chi connectivity index (χ2n) is 36.8. The van der Waals surface area contributed by atoms with Crippen LogP contribution in [0.3, 0.4) is 0 Å². The third-order valence-corrected chi connectivity index (χ3v) is 27.7. The van der Waals surface area contributed by atoms with Crippen molar-refractivity contribution in [2.75, 3.05) is 185 Å². The summed E-state index contributed by atoms with van der Waals surface area (Å²) in [5, 5.41) is 0.719. The molecule has 6 aliphatic carbocycles. The molecule has 0 atom stereocenters. The number of amides is 6. The van der Waals surface area contributed by atoms with E-state index in [2.05, 4.69) is 149 Å². The van der Waals surface area contributed by atoms with Crippen LogP contribution in [-0.4, -0.2) is 330 Å². The highest BCUT2D eigenvalue weighted by Crippen LogP contribution is 2.53. The van der Waals surface area contributed by atoms with Gasteiger partial charge < -0.3 is 38.9 Å². The first-order valence-corrected chi connectivity index (χ1v) is 44.7. The zero-order chi connectivity index (χ0) is 83.2. The van der Waals surface area contributed by atoms with Crippen molar-refractivity contribution in [3.8, 4) is 0 Å². The molecule has 2 aromatic carbocycles. The minimum Gasteiger partial charge on any atom is -0.384 e. The standard InChI is InChI=1S/C17H23ClN2O.C17H24N2O.C16H23N3O.C15H22N4O.C14H26N2O2.C13H24N2O2/c1-13(2)19-8-10-20(11-9-19)16(21)17(6-7-17)14-4-3-5-15(18)12-14;1-14(2)18-10-12-19(13-11-18)16(20)17(8-9-17)15-6-4-3-5-7-15;1-13(2)18-9-11-19(12-10-18)15(20)16(6-7-16)14-5-3-4-8-17-14;1-12(2)18-7-9-19(10-8-18)14(20)15(3-4-15)13-11-16-5-6-17-13;1-12(2)15-7-9-16(10-8-15)13(17)14(11-18-3)5-4-6-14;1-11(2)14-6-8-15(9-7-14)12(16)13(4-5-13)10-17-3/h3-5,12-13H,6-11H2,1-2H3;3-7,14H,8-13H2,1-2H3;3-5,8,13H,6-7,9-12H2,1-2H3;5-6,11-12H,3-4,7-10H2,1-2H3;12H,4-11H2,1-3H3;11H,4-10H2,1-3H3. The van der Waals surface area contributed by atoms with Crippen LogP contribution in [0.2, 0.25) is 5.02 Å². The topological polar surface area (TPSA) is 198 Å². The van der Waals surface area contributed by atoms with E-state index in [0.717, 1.165) is 256 Å². The number of carbonyl (C=O) groups excluding carboxylic acids is 6. The SMILES string of the molecule is CC(C)N1CCN(C(=O)C2(c3cccc(Cl)c3)CC2)CC1.CC(C)N1CCN(C(=O)C2(c3ccccc3)CC2)CC1.CC(C)N1CCN(C(=O)C2(c3ccccn3)CC2)CC1.CC(C)N1CCN(C(=O)C2(c3cnccn3)CC2)CC1.COCC1(C(=O)N2CCN(C(C)C)CC2)CC1.COCC1(C(=O)N2CCN(C(C)C)CC2)CCC1. The maximum Gasteiger partial charge on any atom is 0.234 e. The van der Waals surface area contributed by atoms with Gasteiger partial charge in [-0.15, -0.1) is 0 Å². The van der Waals surface area contributed by atoms with Crippen molar-refractivity contribution < 1.29 is 38.2 Å². The van der Waals surface area contributed by atoms with Gasteiger partial charge in [0.15, 0.2) is 0 Å². The molecule has 23 nitrogen and oxygen atoms in total. The Bertz CT molecular complexity index is 3560. The summed E-state index contributed by atoms with van der Waals surface area (Å²) in [6, 6.07) is 27.4. The summed E-state index contributed by atoms with van der Waals surface area (Å²) < 4.78 is 10.4. The molecule has 6 amide bonds. The largest absolute Gasteiger partial charge is 0.384 e. The van der Waals surface area contributed by atoms with Crippen molar-refractivity contribution in [2.45, 2.75) is 224 Å². The number of hydrogen-bond donors (Lipinski definition) is 0. The molecule has 0 bridgehead atoms. The fraction of sp³-hybridized carbons (Fsp3) is 0.707. The lowest BCUT2D eigenvalue weighted by Crippen LogP contribution is -2.57. The number of piperazine rings is 6. The van der Waals surface area contributed by atoms with E-state index in [1.54, 1.807) is 39.0 Å². The number of benzene rings is 2. The molecule has 6 saturated carbocycles. The fourth-order valence-corrected chi connectivity index (χ4v) is 18.5. The summed E-state index contributed by atoms with van der Waals surface area (Å²) in [6.45, 7) is 50.0. The third kappa shape index (κ3) is 21.8. The zero-order valence-electron chi connectivity index (χ0n) is 73.1. The van der Waals surface area contributed by atoms with Crippen LogP contribution in [0, 0.1) is 10.8 Å². The number of hydrogen-bond acceptors (Lipinski definition) is 17. The quantitative estimate of drug-likeness (QED) is 0.0809. The van der Waals surface area contributed by atoms with Crippen molar-refractivity contribution in [1.82, 2.24) is 73.8 Å². The molecule has 0 radical (unpaired) electrons. The molecular weight excluding hydrogens is 1480 g/mol. The Morgan fingerprint density at radius 2 is 0.629 bits per heavy atom. The van der Waals surface area contributed by atoms with Crippen LogP contribution >= 0.6 is 11.6 Å². The van der Waals surface area contributed by atoms with Gasteiger partial charge in [0.2, 0.25) is 35.4 Å². The zero-order valence-corrected chi connectivity index (χ0v) is 73.9. The van der Waals surface area contributed by atoms with E-state index in [1.807, 2.05) is 80.3 Å². The first-order valence-electron chi connectivity index (χ1n) is 44.3. The van der Waals surface area contributed by atoms with E-state index in [0.29, 0.717) is 79.0 Å². The summed E-state index contributed by atoms with van der Waals surface area (Å²) >= 11 is 6.09. The molecule has 640 valence electrons. The van der Waals surface area contributed by atoms with Gasteiger partial charge in [0.1, 0.15) is 0 Å². The number of aromatic nitrogens is 3. The van der Waals surface area contributed by atoms with E-state index >= 15 is 0 Å². The highest BCUT2D eigenvalue weighted by atomic mass is 35.5. The van der Waals surface area contributed by atoms with Crippen molar-refractivity contribution in [2.24, 2.45) is 10.8 Å². The Kier molecular flexibility index (Phi) is 31.3. The van der Waals surface area contributed by atoms with Gasteiger partial charge in [0.25, 0.3) is 0 Å². The molecule has 8 heterocycles. The van der Waals surface area contributed by atoms with E-state index in [1.165, 1.54) is 12.0 Å². The van der Waals surface area contributed by atoms with Gasteiger partial charge in [0.05, 0.1) is 57.1 Å². The van der Waals surface area contributed by atoms with Crippen molar-refractivity contribution in [3.05, 3.63) is 125 Å². The summed E-state index contributed by atoms with van der Waals surface area (Å²) in [5.41, 5.74) is 2.60. The predicted molar refractivity (Wildman–Crippen MR) is 459 cm³/mol. The molecule has 24 heteroatoms. The predicted octanol–water partition coefficient (Wildman–Crippen LogP) is 10.2. The van der Waals surface area contributed by atoms with Gasteiger partial charge in [-0.2, -0.15) is 0 Å². The number of carbonyl (C=O) groups is 6. The molecule has 16 rings (SSSR count). The van der Waals surface area contributed by atoms with Gasteiger partial charge in [-0.1, -0.05) is 66.6 Å². The Labute approximate surface area is 700 Å². The van der Waals surface area contributed by atoms with Crippen molar-refractivity contribution in [1.29, 1.82) is 0 Å². The molecule has 0 unspecified atom stereocenters. The second kappa shape index (κ2) is 40.2. The molecule has 2 aromatic heterocycles. The summed E-state index contributed by atoms with van der Waals surface area (Å²) in [5.74, 6) is 1.85. The van der Waals surface area contributed by atoms with Gasteiger partial charge in [-0.05, 0) is 196 Å². The number of halogens is 1. The van der Waals surface area contributed by atoms with Gasteiger partial charge >= 0.3 is 0 Å². The molecule has 116 heavy (non-hydrogen) atoms. The van der Waals surface area contributed by atoms with Crippen LogP contribution in [0.15, 0.2) is 97.6 Å². The summed E-state index contributed by atoms with van der Waals surface area (Å²) in [4.78, 5) is 116. The molecule has 6 saturated heterocycles. The smallest absolute Gasteiger partial charge is 0.234 e. The highest BCUT2D eigenvalue weighted by molar-refractivity contribution is 6.30. The second-order valence-corrected chi connectivity index (χ2v) is 37.3. The normalized spacial score (nSPS) is 22.6. The monoisotopic (exact) mass is 1620 g/mol. The Morgan fingerprint density at radius 3 is 0.905 bits per heavy atom. The van der Waals surface area contributed by atoms with Crippen LogP contribution in [0.4, 0.5) is 0 Å². The maximum absolute atomic E-state index is 12.9. The van der Waals surface area contributed by atoms with Gasteiger partial charge in [-0.25, -0.2) is 0 Å². The van der Waals surface area contributed by atoms with E-state index < -0.39 is 0 Å². The first kappa shape index (κ1) is 90.2. The van der Waals surface area contributed by atoms with Crippen LogP contribution < -0.4 is 0 Å². The Morgan fingerprint density at radius 1 is 0.328 bits per heavy atom. The summed E-state index contributed by atoms with van der Waals surface area (Å²) in [6.07, 6.45) is 19.7. The van der Waals surface area contributed by atoms with E-state index in [-0.39, 0.29) is 38.4 Å². The minimum atomic E-state index is -0.367. The van der Waals surface area contributed by atoms with E-state index in [4.69, 9.17) is 21.1 Å². The lowest BCUT2D eigenvalue weighted by atomic mass is 9.68. The number of pyridine rings is 1. The molecule has 0 spiro atoms. The number of methoxy groups -OCH3 is 2. The Balaban J connectivity index is 0.000000137. The third-order valence-electron chi connectivity index (χ3n) is 27.5. The highest BCUT2D eigenvalue weighted by Gasteiger charge is 2.58. The molecule has 12 aliphatic rings. The van der Waals surface area contributed by atoms with Crippen LogP contribution in [0.1, 0.15) is 189 Å². The maximum atomic E-state index is 12.9. The van der Waals surface area contributed by atoms with Crippen molar-refractivity contribution >= 4 is 47.0 Å². The molecule has 4 aromatic rings. The van der Waals surface area contributed by atoms with Crippen LogP contribution in [-0.2, 0) is 59.9 Å². The van der Waals surface area contributed by atoms with Gasteiger partial charge in [0, 0.05) is 237 Å². The van der Waals surface area contributed by atoms with Crippen LogP contribution in [0.5, 0.6) is 0 Å². The van der Waals surface area contributed by atoms with Crippen LogP contribution in [0.25, 0.3) is 0 Å². The average Bonchev–Trinajstić information content (AvgIpc) is 1.56. The number of rotatable bonds is 20. The van der Waals surface area contributed by atoms with Gasteiger partial charge in [-0.3, -0.25) is 73.1 Å². The minimum absolute atomic E-state index is 0.158. The number of nitrogens with zero attached hydrogens (tertiary/aromatic N) is 15. The lowest BCUT2D eigenvalue weighted by Gasteiger charge is -2.45. The molecule has 0 N–H and O–H groups in total.